The van der Waals surface area contributed by atoms with Gasteiger partial charge in [0.2, 0.25) is 0 Å². The van der Waals surface area contributed by atoms with Crippen molar-refractivity contribution in [2.75, 3.05) is 0 Å². The van der Waals surface area contributed by atoms with Crippen LogP contribution in [0, 0.1) is 6.92 Å². The summed E-state index contributed by atoms with van der Waals surface area (Å²) in [5.74, 6) is 0. The maximum absolute atomic E-state index is 4.19. The molecule has 0 saturated heterocycles. The number of hydrogen-bond acceptors (Lipinski definition) is 2. The SMILES string of the molecule is Cc1ccc(-c2ccncn2)n1C. The smallest absolute Gasteiger partial charge is 0.116 e. The zero-order chi connectivity index (χ0) is 9.26. The van der Waals surface area contributed by atoms with Crippen molar-refractivity contribution < 1.29 is 0 Å². The Labute approximate surface area is 77.1 Å². The van der Waals surface area contributed by atoms with E-state index in [1.807, 2.05) is 13.1 Å². The Hall–Kier alpha value is -1.64. The van der Waals surface area contributed by atoms with Crippen LogP contribution in [-0.4, -0.2) is 14.5 Å². The monoisotopic (exact) mass is 173 g/mol. The van der Waals surface area contributed by atoms with E-state index in [4.69, 9.17) is 0 Å². The van der Waals surface area contributed by atoms with Crippen LogP contribution >= 0.6 is 0 Å². The minimum Gasteiger partial charge on any atom is -0.347 e. The Morgan fingerprint density at radius 2 is 2.08 bits per heavy atom. The van der Waals surface area contributed by atoms with Crippen LogP contribution in [0.5, 0.6) is 0 Å². The molecule has 2 rings (SSSR count). The van der Waals surface area contributed by atoms with E-state index in [2.05, 4.69) is 33.6 Å². The zero-order valence-electron chi connectivity index (χ0n) is 7.73. The van der Waals surface area contributed by atoms with Crippen LogP contribution in [0.1, 0.15) is 5.69 Å². The molecular weight excluding hydrogens is 162 g/mol. The number of aryl methyl sites for hydroxylation is 1. The number of hydrogen-bond donors (Lipinski definition) is 0. The van der Waals surface area contributed by atoms with Gasteiger partial charge in [0.15, 0.2) is 0 Å². The van der Waals surface area contributed by atoms with Gasteiger partial charge in [0.25, 0.3) is 0 Å². The molecule has 0 aliphatic rings. The first kappa shape index (κ1) is 7.98. The van der Waals surface area contributed by atoms with Crippen molar-refractivity contribution in [1.29, 1.82) is 0 Å². The van der Waals surface area contributed by atoms with Crippen LogP contribution in [-0.2, 0) is 7.05 Å². The van der Waals surface area contributed by atoms with Crippen LogP contribution in [0.4, 0.5) is 0 Å². The summed E-state index contributed by atoms with van der Waals surface area (Å²) in [5.41, 5.74) is 3.32. The Morgan fingerprint density at radius 3 is 2.62 bits per heavy atom. The van der Waals surface area contributed by atoms with Crippen molar-refractivity contribution >= 4 is 0 Å². The number of rotatable bonds is 1. The van der Waals surface area contributed by atoms with Gasteiger partial charge in [0, 0.05) is 18.9 Å². The Kier molecular flexibility index (Phi) is 1.85. The third-order valence-electron chi connectivity index (χ3n) is 2.22. The minimum atomic E-state index is 0.964. The molecule has 0 fully saturated rings. The Balaban J connectivity index is 2.53. The van der Waals surface area contributed by atoms with Crippen molar-refractivity contribution in [2.45, 2.75) is 6.92 Å². The molecule has 0 saturated carbocycles. The largest absolute Gasteiger partial charge is 0.347 e. The van der Waals surface area contributed by atoms with E-state index >= 15 is 0 Å². The highest BCUT2D eigenvalue weighted by Crippen LogP contribution is 2.17. The van der Waals surface area contributed by atoms with Crippen LogP contribution in [0.3, 0.4) is 0 Å². The normalized spacial score (nSPS) is 10.3. The molecule has 0 amide bonds. The molecule has 13 heavy (non-hydrogen) atoms. The van der Waals surface area contributed by atoms with Gasteiger partial charge in [-0.25, -0.2) is 9.97 Å². The summed E-state index contributed by atoms with van der Waals surface area (Å²) in [6.45, 7) is 2.07. The van der Waals surface area contributed by atoms with E-state index in [9.17, 15) is 0 Å². The summed E-state index contributed by atoms with van der Waals surface area (Å²) in [4.78, 5) is 8.08. The fraction of sp³-hybridized carbons (Fsp3) is 0.200. The van der Waals surface area contributed by atoms with Gasteiger partial charge >= 0.3 is 0 Å². The number of nitrogens with zero attached hydrogens (tertiary/aromatic N) is 3. The van der Waals surface area contributed by atoms with Gasteiger partial charge in [-0.15, -0.1) is 0 Å². The summed E-state index contributed by atoms with van der Waals surface area (Å²) in [7, 11) is 2.03. The fourth-order valence-corrected chi connectivity index (χ4v) is 1.31. The van der Waals surface area contributed by atoms with Gasteiger partial charge in [-0.1, -0.05) is 0 Å². The van der Waals surface area contributed by atoms with Gasteiger partial charge in [-0.3, -0.25) is 0 Å². The van der Waals surface area contributed by atoms with Gasteiger partial charge in [0.05, 0.1) is 11.4 Å². The third kappa shape index (κ3) is 1.33. The molecular formula is C10H11N3. The second kappa shape index (κ2) is 3.01. The van der Waals surface area contributed by atoms with Crippen LogP contribution in [0.15, 0.2) is 30.7 Å². The molecule has 2 aromatic rings. The standard InChI is InChI=1S/C10H11N3/c1-8-3-4-10(13(8)2)9-5-6-11-7-12-9/h3-7H,1-2H3. The Bertz CT molecular complexity index is 403. The third-order valence-corrected chi connectivity index (χ3v) is 2.22. The average Bonchev–Trinajstić information content (AvgIpc) is 2.49. The van der Waals surface area contributed by atoms with Gasteiger partial charge in [-0.2, -0.15) is 0 Å². The van der Waals surface area contributed by atoms with E-state index in [0.717, 1.165) is 11.4 Å². The lowest BCUT2D eigenvalue weighted by Gasteiger charge is -2.03. The first-order chi connectivity index (χ1) is 6.29. The van der Waals surface area contributed by atoms with E-state index in [1.165, 1.54) is 5.69 Å². The maximum atomic E-state index is 4.19. The lowest BCUT2D eigenvalue weighted by Crippen LogP contribution is -1.95. The highest BCUT2D eigenvalue weighted by Gasteiger charge is 2.03. The van der Waals surface area contributed by atoms with Crippen molar-refractivity contribution in [3.8, 4) is 11.4 Å². The fourth-order valence-electron chi connectivity index (χ4n) is 1.31. The second-order valence-electron chi connectivity index (χ2n) is 3.01. The van der Waals surface area contributed by atoms with E-state index in [-0.39, 0.29) is 0 Å². The van der Waals surface area contributed by atoms with E-state index < -0.39 is 0 Å². The molecule has 3 nitrogen and oxygen atoms in total. The van der Waals surface area contributed by atoms with Crippen molar-refractivity contribution in [2.24, 2.45) is 7.05 Å². The highest BCUT2D eigenvalue weighted by atomic mass is 15.0. The lowest BCUT2D eigenvalue weighted by molar-refractivity contribution is 0.885. The predicted octanol–water partition coefficient (Wildman–Crippen LogP) is 1.79. The molecule has 0 radical (unpaired) electrons. The average molecular weight is 173 g/mol. The predicted molar refractivity (Wildman–Crippen MR) is 51.2 cm³/mol. The topological polar surface area (TPSA) is 30.7 Å². The molecule has 0 aromatic carbocycles. The van der Waals surface area contributed by atoms with Crippen molar-refractivity contribution in [1.82, 2.24) is 14.5 Å². The first-order valence-corrected chi connectivity index (χ1v) is 4.18. The molecule has 0 unspecified atom stereocenters. The van der Waals surface area contributed by atoms with Crippen LogP contribution in [0.25, 0.3) is 11.4 Å². The number of aromatic nitrogens is 3. The van der Waals surface area contributed by atoms with Crippen molar-refractivity contribution in [3.05, 3.63) is 36.4 Å². The molecule has 0 N–H and O–H groups in total. The zero-order valence-corrected chi connectivity index (χ0v) is 7.73. The van der Waals surface area contributed by atoms with E-state index in [1.54, 1.807) is 12.5 Å². The van der Waals surface area contributed by atoms with Gasteiger partial charge in [0.1, 0.15) is 6.33 Å². The van der Waals surface area contributed by atoms with Crippen LogP contribution < -0.4 is 0 Å². The van der Waals surface area contributed by atoms with Crippen LogP contribution in [0.2, 0.25) is 0 Å². The first-order valence-electron chi connectivity index (χ1n) is 4.18. The molecule has 3 heteroatoms. The molecule has 0 atom stereocenters. The second-order valence-corrected chi connectivity index (χ2v) is 3.01. The van der Waals surface area contributed by atoms with Crippen molar-refractivity contribution in [3.63, 3.8) is 0 Å². The molecule has 0 aliphatic heterocycles. The van der Waals surface area contributed by atoms with E-state index in [0.29, 0.717) is 0 Å². The highest BCUT2D eigenvalue weighted by molar-refractivity contribution is 5.55. The molecule has 0 aliphatic carbocycles. The summed E-state index contributed by atoms with van der Waals surface area (Å²) in [5, 5.41) is 0. The lowest BCUT2D eigenvalue weighted by atomic mass is 10.3. The Morgan fingerprint density at radius 1 is 1.23 bits per heavy atom. The summed E-state index contributed by atoms with van der Waals surface area (Å²) < 4.78 is 2.11. The minimum absolute atomic E-state index is 0.964. The quantitative estimate of drug-likeness (QED) is 0.658. The molecule has 0 bridgehead atoms. The summed E-state index contributed by atoms with van der Waals surface area (Å²) in [6, 6.07) is 6.06. The summed E-state index contributed by atoms with van der Waals surface area (Å²) >= 11 is 0. The summed E-state index contributed by atoms with van der Waals surface area (Å²) in [6.07, 6.45) is 3.32. The molecule has 0 spiro atoms. The maximum Gasteiger partial charge on any atom is 0.116 e. The van der Waals surface area contributed by atoms with Gasteiger partial charge in [-0.05, 0) is 25.1 Å². The molecule has 2 aromatic heterocycles. The molecule has 2 heterocycles. The van der Waals surface area contributed by atoms with Gasteiger partial charge < -0.3 is 4.57 Å². The molecule has 66 valence electrons.